The molecule has 0 aliphatic carbocycles. The number of benzene rings is 1. The second kappa shape index (κ2) is 6.35. The van der Waals surface area contributed by atoms with E-state index in [4.69, 9.17) is 0 Å². The van der Waals surface area contributed by atoms with Crippen molar-refractivity contribution in [2.75, 3.05) is 23.3 Å². The van der Waals surface area contributed by atoms with Gasteiger partial charge >= 0.3 is 0 Å². The van der Waals surface area contributed by atoms with Crippen LogP contribution < -0.4 is 15.6 Å². The topological polar surface area (TPSA) is 91.0 Å². The SMILES string of the molecule is O=C(Nc1cccnc1N1CCCC1)c1n[nH]c2ccccc2c1=O. The number of carbonyl (C=O) groups is 1. The molecule has 4 rings (SSSR count). The number of para-hydroxylation sites is 1. The summed E-state index contributed by atoms with van der Waals surface area (Å²) in [6.07, 6.45) is 3.91. The maximum atomic E-state index is 12.6. The van der Waals surface area contributed by atoms with Crippen molar-refractivity contribution < 1.29 is 4.79 Å². The molecule has 0 spiro atoms. The third kappa shape index (κ3) is 2.84. The third-order valence-electron chi connectivity index (χ3n) is 4.33. The van der Waals surface area contributed by atoms with Crippen LogP contribution in [-0.4, -0.2) is 34.2 Å². The predicted octanol–water partition coefficient (Wildman–Crippen LogP) is 2.17. The molecule has 3 aromatic rings. The van der Waals surface area contributed by atoms with Crippen molar-refractivity contribution in [1.82, 2.24) is 15.2 Å². The summed E-state index contributed by atoms with van der Waals surface area (Å²) in [5.41, 5.74) is 0.639. The summed E-state index contributed by atoms with van der Waals surface area (Å²) in [5, 5.41) is 9.93. The van der Waals surface area contributed by atoms with E-state index in [2.05, 4.69) is 25.4 Å². The monoisotopic (exact) mass is 335 g/mol. The Hall–Kier alpha value is -3.22. The molecule has 0 bridgehead atoms. The summed E-state index contributed by atoms with van der Waals surface area (Å²) in [5.74, 6) is 0.186. The van der Waals surface area contributed by atoms with E-state index in [1.807, 2.05) is 0 Å². The number of nitrogens with one attached hydrogen (secondary N) is 2. The molecule has 1 amide bonds. The average Bonchev–Trinajstić information content (AvgIpc) is 3.17. The van der Waals surface area contributed by atoms with Crippen LogP contribution in [0.2, 0.25) is 0 Å². The molecule has 1 aliphatic rings. The Bertz CT molecular complexity index is 992. The van der Waals surface area contributed by atoms with Crippen molar-refractivity contribution in [1.29, 1.82) is 0 Å². The standard InChI is InChI=1S/C18H17N5O2/c24-16-12-6-1-2-7-13(12)21-22-15(16)18(25)20-14-8-5-9-19-17(14)23-10-3-4-11-23/h1-2,5-9H,3-4,10-11H2,(H,20,25)(H,21,24). The third-order valence-corrected chi connectivity index (χ3v) is 4.33. The number of aromatic nitrogens is 3. The summed E-state index contributed by atoms with van der Waals surface area (Å²) in [6, 6.07) is 10.5. The molecule has 1 saturated heterocycles. The van der Waals surface area contributed by atoms with Crippen LogP contribution in [0.1, 0.15) is 23.3 Å². The van der Waals surface area contributed by atoms with Gasteiger partial charge in [-0.25, -0.2) is 4.98 Å². The summed E-state index contributed by atoms with van der Waals surface area (Å²) >= 11 is 0. The van der Waals surface area contributed by atoms with E-state index in [-0.39, 0.29) is 5.69 Å². The van der Waals surface area contributed by atoms with Crippen LogP contribution in [0.5, 0.6) is 0 Å². The molecule has 1 aromatic carbocycles. The molecule has 1 fully saturated rings. The van der Waals surface area contributed by atoms with Crippen molar-refractivity contribution in [3.05, 3.63) is 58.5 Å². The van der Waals surface area contributed by atoms with Gasteiger partial charge in [0.1, 0.15) is 0 Å². The molecular formula is C18H17N5O2. The lowest BCUT2D eigenvalue weighted by atomic mass is 10.2. The molecule has 126 valence electrons. The minimum atomic E-state index is -0.541. The van der Waals surface area contributed by atoms with Crippen molar-refractivity contribution >= 4 is 28.3 Å². The second-order valence-electron chi connectivity index (χ2n) is 5.97. The van der Waals surface area contributed by atoms with E-state index >= 15 is 0 Å². The number of carbonyl (C=O) groups excluding carboxylic acids is 1. The number of rotatable bonds is 3. The first-order chi connectivity index (χ1) is 12.2. The Morgan fingerprint density at radius 1 is 1.12 bits per heavy atom. The Balaban J connectivity index is 1.67. The first-order valence-corrected chi connectivity index (χ1v) is 8.23. The Kier molecular flexibility index (Phi) is 3.89. The first kappa shape index (κ1) is 15.3. The summed E-state index contributed by atoms with van der Waals surface area (Å²) < 4.78 is 0. The van der Waals surface area contributed by atoms with Gasteiger partial charge in [0.05, 0.1) is 11.2 Å². The summed E-state index contributed by atoms with van der Waals surface area (Å²) in [4.78, 5) is 31.7. The average molecular weight is 335 g/mol. The maximum absolute atomic E-state index is 12.6. The van der Waals surface area contributed by atoms with Gasteiger partial charge in [-0.3, -0.25) is 14.7 Å². The van der Waals surface area contributed by atoms with Gasteiger partial charge in [-0.1, -0.05) is 12.1 Å². The van der Waals surface area contributed by atoms with Crippen LogP contribution in [-0.2, 0) is 0 Å². The number of pyridine rings is 1. The van der Waals surface area contributed by atoms with Gasteiger partial charge < -0.3 is 10.2 Å². The fourth-order valence-electron chi connectivity index (χ4n) is 3.08. The van der Waals surface area contributed by atoms with E-state index in [0.29, 0.717) is 16.6 Å². The summed E-state index contributed by atoms with van der Waals surface area (Å²) in [6.45, 7) is 1.82. The smallest absolute Gasteiger partial charge is 0.280 e. The van der Waals surface area contributed by atoms with Crippen LogP contribution >= 0.6 is 0 Å². The molecule has 1 aliphatic heterocycles. The van der Waals surface area contributed by atoms with Crippen molar-refractivity contribution in [3.8, 4) is 0 Å². The molecule has 0 radical (unpaired) electrons. The normalized spacial score (nSPS) is 14.0. The minimum absolute atomic E-state index is 0.157. The van der Waals surface area contributed by atoms with Crippen LogP contribution in [0.4, 0.5) is 11.5 Å². The number of nitrogens with zero attached hydrogens (tertiary/aromatic N) is 3. The van der Waals surface area contributed by atoms with E-state index in [1.54, 1.807) is 42.6 Å². The molecule has 0 atom stereocenters. The van der Waals surface area contributed by atoms with Crippen molar-refractivity contribution in [3.63, 3.8) is 0 Å². The lowest BCUT2D eigenvalue weighted by Gasteiger charge is -2.19. The summed E-state index contributed by atoms with van der Waals surface area (Å²) in [7, 11) is 0. The van der Waals surface area contributed by atoms with Crippen LogP contribution in [0.3, 0.4) is 0 Å². The minimum Gasteiger partial charge on any atom is -0.355 e. The molecule has 2 aromatic heterocycles. The van der Waals surface area contributed by atoms with Gasteiger partial charge in [-0.15, -0.1) is 0 Å². The Morgan fingerprint density at radius 3 is 2.76 bits per heavy atom. The Morgan fingerprint density at radius 2 is 1.92 bits per heavy atom. The lowest BCUT2D eigenvalue weighted by molar-refractivity contribution is 0.102. The fourth-order valence-corrected chi connectivity index (χ4v) is 3.08. The Labute approximate surface area is 143 Å². The lowest BCUT2D eigenvalue weighted by Crippen LogP contribution is -2.26. The van der Waals surface area contributed by atoms with Crippen LogP contribution in [0.25, 0.3) is 10.9 Å². The number of H-pyrrole nitrogens is 1. The molecule has 0 unspecified atom stereocenters. The number of aromatic amines is 1. The predicted molar refractivity (Wildman–Crippen MR) is 96.0 cm³/mol. The highest BCUT2D eigenvalue weighted by molar-refractivity contribution is 6.05. The van der Waals surface area contributed by atoms with E-state index in [0.717, 1.165) is 31.7 Å². The zero-order valence-corrected chi connectivity index (χ0v) is 13.5. The van der Waals surface area contributed by atoms with E-state index in [1.165, 1.54) is 0 Å². The molecule has 0 saturated carbocycles. The quantitative estimate of drug-likeness (QED) is 0.765. The zero-order chi connectivity index (χ0) is 17.2. The molecule has 7 nitrogen and oxygen atoms in total. The van der Waals surface area contributed by atoms with E-state index in [9.17, 15) is 9.59 Å². The number of anilines is 2. The van der Waals surface area contributed by atoms with Crippen LogP contribution in [0.15, 0.2) is 47.4 Å². The second-order valence-corrected chi connectivity index (χ2v) is 5.97. The maximum Gasteiger partial charge on any atom is 0.280 e. The number of hydrogen-bond acceptors (Lipinski definition) is 5. The van der Waals surface area contributed by atoms with Gasteiger partial charge in [-0.05, 0) is 37.1 Å². The van der Waals surface area contributed by atoms with Crippen LogP contribution in [0, 0.1) is 0 Å². The van der Waals surface area contributed by atoms with Gasteiger partial charge in [0.2, 0.25) is 5.43 Å². The zero-order valence-electron chi connectivity index (χ0n) is 13.5. The highest BCUT2D eigenvalue weighted by atomic mass is 16.2. The fraction of sp³-hybridized carbons (Fsp3) is 0.222. The van der Waals surface area contributed by atoms with E-state index < -0.39 is 11.3 Å². The first-order valence-electron chi connectivity index (χ1n) is 8.23. The van der Waals surface area contributed by atoms with Gasteiger partial charge in [0.15, 0.2) is 11.5 Å². The highest BCUT2D eigenvalue weighted by Crippen LogP contribution is 2.26. The molecule has 25 heavy (non-hydrogen) atoms. The van der Waals surface area contributed by atoms with Crippen molar-refractivity contribution in [2.45, 2.75) is 12.8 Å². The molecule has 7 heteroatoms. The van der Waals surface area contributed by atoms with Gasteiger partial charge in [-0.2, -0.15) is 5.10 Å². The molecule has 2 N–H and O–H groups in total. The number of fused-ring (bicyclic) bond motifs is 1. The molecular weight excluding hydrogens is 318 g/mol. The highest BCUT2D eigenvalue weighted by Gasteiger charge is 2.20. The number of hydrogen-bond donors (Lipinski definition) is 2. The number of amides is 1. The van der Waals surface area contributed by atoms with Crippen molar-refractivity contribution in [2.24, 2.45) is 0 Å². The van der Waals surface area contributed by atoms with Gasteiger partial charge in [0.25, 0.3) is 5.91 Å². The largest absolute Gasteiger partial charge is 0.355 e. The molecule has 3 heterocycles. The van der Waals surface area contributed by atoms with Gasteiger partial charge in [0, 0.05) is 24.7 Å².